The van der Waals surface area contributed by atoms with Crippen molar-refractivity contribution in [3.8, 4) is 11.5 Å². The Morgan fingerprint density at radius 2 is 2.00 bits per heavy atom. The van der Waals surface area contributed by atoms with Gasteiger partial charge in [0.15, 0.2) is 0 Å². The van der Waals surface area contributed by atoms with Gasteiger partial charge in [-0.2, -0.15) is 0 Å². The van der Waals surface area contributed by atoms with Gasteiger partial charge in [0.1, 0.15) is 6.54 Å². The number of carbonyl (C=O) groups excluding carboxylic acids is 1. The first-order chi connectivity index (χ1) is 12.5. The zero-order chi connectivity index (χ0) is 18.5. The Kier molecular flexibility index (Phi) is 5.88. The van der Waals surface area contributed by atoms with Crippen molar-refractivity contribution >= 4 is 6.03 Å². The molecule has 140 valence electrons. The Labute approximate surface area is 154 Å². The van der Waals surface area contributed by atoms with E-state index in [2.05, 4.69) is 34.4 Å². The highest BCUT2D eigenvalue weighted by Crippen LogP contribution is 2.20. The minimum absolute atomic E-state index is 0.115. The Hall–Kier alpha value is -2.41. The van der Waals surface area contributed by atoms with E-state index in [0.717, 1.165) is 31.5 Å². The Morgan fingerprint density at radius 1 is 1.31 bits per heavy atom. The van der Waals surface area contributed by atoms with E-state index in [4.69, 9.17) is 4.42 Å². The van der Waals surface area contributed by atoms with Crippen LogP contribution in [0.4, 0.5) is 4.79 Å². The van der Waals surface area contributed by atoms with Crippen LogP contribution in [0, 0.1) is 5.92 Å². The molecule has 0 unspecified atom stereocenters. The van der Waals surface area contributed by atoms with E-state index in [-0.39, 0.29) is 18.6 Å². The summed E-state index contributed by atoms with van der Waals surface area (Å²) in [6.45, 7) is 4.55. The van der Waals surface area contributed by atoms with Gasteiger partial charge in [-0.15, -0.1) is 10.2 Å². The maximum Gasteiger partial charge on any atom is 0.317 e. The van der Waals surface area contributed by atoms with E-state index in [1.54, 1.807) is 11.9 Å². The molecule has 0 radical (unpaired) electrons. The van der Waals surface area contributed by atoms with Crippen LogP contribution in [0.5, 0.6) is 0 Å². The molecule has 7 nitrogen and oxygen atoms in total. The number of nitrogens with one attached hydrogen (secondary N) is 1. The standard InChI is InChI=1S/C19H27N5O2/c1-14(15-9-11-23(2)12-10-15)20-19(25)24(3)13-17-21-22-18(26-17)16-7-5-4-6-8-16/h4-8,14-15H,9-13H2,1-3H3,(H,20,25)/t14-/m1/s1. The third-order valence-electron chi connectivity index (χ3n) is 5.03. The van der Waals surface area contributed by atoms with Gasteiger partial charge in [0, 0.05) is 18.7 Å². The number of nitrogens with zero attached hydrogens (tertiary/aromatic N) is 4. The summed E-state index contributed by atoms with van der Waals surface area (Å²) in [5.41, 5.74) is 0.870. The molecule has 2 heterocycles. The maximum absolute atomic E-state index is 12.5. The smallest absolute Gasteiger partial charge is 0.317 e. The van der Waals surface area contributed by atoms with Gasteiger partial charge in [-0.05, 0) is 58.0 Å². The summed E-state index contributed by atoms with van der Waals surface area (Å²) in [4.78, 5) is 16.4. The zero-order valence-corrected chi connectivity index (χ0v) is 15.7. The predicted molar refractivity (Wildman–Crippen MR) is 99.4 cm³/mol. The highest BCUT2D eigenvalue weighted by Gasteiger charge is 2.24. The van der Waals surface area contributed by atoms with Crippen molar-refractivity contribution < 1.29 is 9.21 Å². The van der Waals surface area contributed by atoms with Crippen molar-refractivity contribution in [1.29, 1.82) is 0 Å². The number of rotatable bonds is 5. The second-order valence-electron chi connectivity index (χ2n) is 7.10. The van der Waals surface area contributed by atoms with Crippen LogP contribution in [0.1, 0.15) is 25.7 Å². The predicted octanol–water partition coefficient (Wildman–Crippen LogP) is 2.61. The van der Waals surface area contributed by atoms with Gasteiger partial charge in [0.25, 0.3) is 0 Å². The number of carbonyl (C=O) groups is 1. The summed E-state index contributed by atoms with van der Waals surface area (Å²) in [6, 6.07) is 9.64. The molecule has 2 aromatic rings. The Bertz CT molecular complexity index is 710. The molecular weight excluding hydrogens is 330 g/mol. The van der Waals surface area contributed by atoms with E-state index in [1.165, 1.54) is 0 Å². The van der Waals surface area contributed by atoms with Gasteiger partial charge < -0.3 is 19.5 Å². The normalized spacial score (nSPS) is 17.0. The molecule has 1 aromatic carbocycles. The first-order valence-corrected chi connectivity index (χ1v) is 9.11. The topological polar surface area (TPSA) is 74.5 Å². The molecule has 1 aliphatic heterocycles. The third-order valence-corrected chi connectivity index (χ3v) is 5.03. The van der Waals surface area contributed by atoms with Crippen LogP contribution in [0.15, 0.2) is 34.7 Å². The highest BCUT2D eigenvalue weighted by atomic mass is 16.4. The van der Waals surface area contributed by atoms with Gasteiger partial charge in [-0.1, -0.05) is 18.2 Å². The monoisotopic (exact) mass is 357 g/mol. The van der Waals surface area contributed by atoms with Gasteiger partial charge in [0.05, 0.1) is 0 Å². The lowest BCUT2D eigenvalue weighted by Gasteiger charge is -2.33. The largest absolute Gasteiger partial charge is 0.419 e. The quantitative estimate of drug-likeness (QED) is 0.890. The van der Waals surface area contributed by atoms with Crippen LogP contribution in [-0.4, -0.2) is 59.3 Å². The van der Waals surface area contributed by atoms with Crippen molar-refractivity contribution in [2.75, 3.05) is 27.2 Å². The average molecular weight is 357 g/mol. The number of piperidine rings is 1. The lowest BCUT2D eigenvalue weighted by molar-refractivity contribution is 0.171. The van der Waals surface area contributed by atoms with Crippen LogP contribution in [0.3, 0.4) is 0 Å². The molecule has 0 spiro atoms. The molecule has 1 fully saturated rings. The fourth-order valence-electron chi connectivity index (χ4n) is 3.24. The molecule has 0 aliphatic carbocycles. The highest BCUT2D eigenvalue weighted by molar-refractivity contribution is 5.74. The summed E-state index contributed by atoms with van der Waals surface area (Å²) in [7, 11) is 3.88. The van der Waals surface area contributed by atoms with Crippen molar-refractivity contribution in [2.24, 2.45) is 5.92 Å². The van der Waals surface area contributed by atoms with E-state index in [9.17, 15) is 4.79 Å². The number of amides is 2. The summed E-state index contributed by atoms with van der Waals surface area (Å²) in [5, 5.41) is 11.2. The Morgan fingerprint density at radius 3 is 2.69 bits per heavy atom. The van der Waals surface area contributed by atoms with Crippen LogP contribution in [0.2, 0.25) is 0 Å². The number of hydrogen-bond acceptors (Lipinski definition) is 5. The van der Waals surface area contributed by atoms with E-state index in [0.29, 0.717) is 17.7 Å². The minimum Gasteiger partial charge on any atom is -0.419 e. The first-order valence-electron chi connectivity index (χ1n) is 9.11. The summed E-state index contributed by atoms with van der Waals surface area (Å²) >= 11 is 0. The van der Waals surface area contributed by atoms with E-state index >= 15 is 0 Å². The SMILES string of the molecule is C[C@@H](NC(=O)N(C)Cc1nnc(-c2ccccc2)o1)C1CCN(C)CC1. The second kappa shape index (κ2) is 8.31. The number of benzene rings is 1. The Balaban J connectivity index is 1.52. The summed E-state index contributed by atoms with van der Waals surface area (Å²) < 4.78 is 5.67. The molecule has 1 saturated heterocycles. The molecule has 26 heavy (non-hydrogen) atoms. The molecule has 0 saturated carbocycles. The molecule has 1 N–H and O–H groups in total. The van der Waals surface area contributed by atoms with Crippen molar-refractivity contribution in [1.82, 2.24) is 25.3 Å². The number of urea groups is 1. The maximum atomic E-state index is 12.5. The van der Waals surface area contributed by atoms with Crippen LogP contribution >= 0.6 is 0 Å². The first kappa shape index (κ1) is 18.4. The summed E-state index contributed by atoms with van der Waals surface area (Å²) in [6.07, 6.45) is 2.23. The zero-order valence-electron chi connectivity index (χ0n) is 15.7. The molecule has 0 bridgehead atoms. The number of likely N-dealkylation sites (tertiary alicyclic amines) is 1. The summed E-state index contributed by atoms with van der Waals surface area (Å²) in [5.74, 6) is 1.42. The minimum atomic E-state index is -0.115. The lowest BCUT2D eigenvalue weighted by atomic mass is 9.90. The molecule has 1 aliphatic rings. The third kappa shape index (κ3) is 4.60. The fourth-order valence-corrected chi connectivity index (χ4v) is 3.24. The fraction of sp³-hybridized carbons (Fsp3) is 0.526. The molecule has 1 atom stereocenters. The van der Waals surface area contributed by atoms with Gasteiger partial charge in [0.2, 0.25) is 11.8 Å². The van der Waals surface area contributed by atoms with E-state index in [1.807, 2.05) is 30.3 Å². The second-order valence-corrected chi connectivity index (χ2v) is 7.10. The molecular formula is C19H27N5O2. The van der Waals surface area contributed by atoms with Crippen molar-refractivity contribution in [3.63, 3.8) is 0 Å². The van der Waals surface area contributed by atoms with Gasteiger partial charge in [-0.3, -0.25) is 0 Å². The molecule has 1 aromatic heterocycles. The number of hydrogen-bond donors (Lipinski definition) is 1. The number of aromatic nitrogens is 2. The molecule has 3 rings (SSSR count). The van der Waals surface area contributed by atoms with Crippen LogP contribution in [-0.2, 0) is 6.54 Å². The lowest BCUT2D eigenvalue weighted by Crippen LogP contribution is -2.47. The van der Waals surface area contributed by atoms with Crippen LogP contribution in [0.25, 0.3) is 11.5 Å². The van der Waals surface area contributed by atoms with Crippen molar-refractivity contribution in [2.45, 2.75) is 32.4 Å². The van der Waals surface area contributed by atoms with Crippen LogP contribution < -0.4 is 5.32 Å². The molecule has 2 amide bonds. The average Bonchev–Trinajstić information content (AvgIpc) is 3.11. The van der Waals surface area contributed by atoms with Gasteiger partial charge >= 0.3 is 6.03 Å². The molecule has 7 heteroatoms. The van der Waals surface area contributed by atoms with Gasteiger partial charge in [-0.25, -0.2) is 4.79 Å². The van der Waals surface area contributed by atoms with E-state index < -0.39 is 0 Å². The van der Waals surface area contributed by atoms with Crippen molar-refractivity contribution in [3.05, 3.63) is 36.2 Å².